The molecule has 1 aromatic heterocycles. The third-order valence-corrected chi connectivity index (χ3v) is 8.45. The predicted molar refractivity (Wildman–Crippen MR) is 141 cm³/mol. The molecule has 0 radical (unpaired) electrons. The molecule has 5 N–H and O–H groups in total. The monoisotopic (exact) mass is 524 g/mol. The predicted octanol–water partition coefficient (Wildman–Crippen LogP) is 3.61. The standard InChI is InChI=1S/C27H44N2O6S/c1-16-8-7-10-27(6,34)11-9-20(17(2)12-19-15-36-22(14-28)29-19)35-23(31)13-21(30)26(4,5)25(33)18(3)24(16)32/h12,15-16,18,20-21,24,30,32,34H,7-11,13-14,28H2,1-6H3/b17-12+/t16?,18?,20-,21?,24-,27+/m0/s1. The Labute approximate surface area is 219 Å². The molecule has 36 heavy (non-hydrogen) atoms. The number of hydrogen-bond donors (Lipinski definition) is 4. The Morgan fingerprint density at radius 1 is 1.22 bits per heavy atom. The fourth-order valence-electron chi connectivity index (χ4n) is 4.75. The van der Waals surface area contributed by atoms with E-state index >= 15 is 0 Å². The number of ketones is 1. The molecule has 2 heterocycles. The molecule has 3 unspecified atom stereocenters. The summed E-state index contributed by atoms with van der Waals surface area (Å²) in [5.74, 6) is -1.79. The summed E-state index contributed by atoms with van der Waals surface area (Å²) in [4.78, 5) is 30.5. The average molecular weight is 525 g/mol. The second kappa shape index (κ2) is 12.7. The molecule has 0 aliphatic carbocycles. The molecule has 204 valence electrons. The van der Waals surface area contributed by atoms with Gasteiger partial charge in [0.25, 0.3) is 0 Å². The van der Waals surface area contributed by atoms with Gasteiger partial charge in [0, 0.05) is 17.8 Å². The highest BCUT2D eigenvalue weighted by Crippen LogP contribution is 2.33. The molecule has 8 nitrogen and oxygen atoms in total. The van der Waals surface area contributed by atoms with Crippen LogP contribution in [0.4, 0.5) is 0 Å². The van der Waals surface area contributed by atoms with Crippen LogP contribution in [0.5, 0.6) is 0 Å². The Balaban J connectivity index is 2.33. The Morgan fingerprint density at radius 2 is 1.89 bits per heavy atom. The number of cyclic esters (lactones) is 1. The van der Waals surface area contributed by atoms with Crippen LogP contribution < -0.4 is 5.73 Å². The van der Waals surface area contributed by atoms with Gasteiger partial charge in [0.15, 0.2) is 0 Å². The number of aliphatic hydroxyl groups is 3. The second-order valence-corrected chi connectivity index (χ2v) is 12.2. The van der Waals surface area contributed by atoms with E-state index < -0.39 is 41.2 Å². The fraction of sp³-hybridized carbons (Fsp3) is 0.741. The molecule has 0 bridgehead atoms. The van der Waals surface area contributed by atoms with Crippen LogP contribution in [0.3, 0.4) is 0 Å². The van der Waals surface area contributed by atoms with Crippen molar-refractivity contribution in [3.63, 3.8) is 0 Å². The minimum atomic E-state index is -1.27. The number of carbonyl (C=O) groups excluding carboxylic acids is 2. The summed E-state index contributed by atoms with van der Waals surface area (Å²) in [5.41, 5.74) is 4.94. The first-order valence-electron chi connectivity index (χ1n) is 12.8. The number of hydrogen-bond acceptors (Lipinski definition) is 9. The fourth-order valence-corrected chi connectivity index (χ4v) is 5.38. The smallest absolute Gasteiger partial charge is 0.309 e. The van der Waals surface area contributed by atoms with Gasteiger partial charge < -0.3 is 25.8 Å². The van der Waals surface area contributed by atoms with Crippen molar-refractivity contribution in [2.75, 3.05) is 0 Å². The van der Waals surface area contributed by atoms with Gasteiger partial charge in [-0.2, -0.15) is 0 Å². The van der Waals surface area contributed by atoms with E-state index in [1.165, 1.54) is 11.3 Å². The lowest BCUT2D eigenvalue weighted by atomic mass is 9.73. The zero-order chi connectivity index (χ0) is 27.3. The first-order chi connectivity index (χ1) is 16.7. The van der Waals surface area contributed by atoms with Crippen LogP contribution in [-0.4, -0.2) is 56.0 Å². The highest BCUT2D eigenvalue weighted by molar-refractivity contribution is 7.09. The molecule has 6 atom stereocenters. The number of nitrogens with zero attached hydrogens (tertiary/aromatic N) is 1. The lowest BCUT2D eigenvalue weighted by Gasteiger charge is -2.35. The molecule has 1 aliphatic heterocycles. The van der Waals surface area contributed by atoms with E-state index in [2.05, 4.69) is 4.98 Å². The molecule has 1 fully saturated rings. The van der Waals surface area contributed by atoms with Crippen LogP contribution in [0.25, 0.3) is 6.08 Å². The molecular formula is C27H44N2O6S. The maximum atomic E-state index is 13.2. The number of Topliss-reactive ketones (excluding diaryl/α,β-unsaturated/α-hetero) is 1. The van der Waals surface area contributed by atoms with Crippen molar-refractivity contribution in [2.24, 2.45) is 23.0 Å². The van der Waals surface area contributed by atoms with Gasteiger partial charge in [-0.1, -0.05) is 34.1 Å². The first-order valence-corrected chi connectivity index (χ1v) is 13.7. The van der Waals surface area contributed by atoms with Crippen molar-refractivity contribution in [3.05, 3.63) is 21.7 Å². The number of aliphatic hydroxyl groups excluding tert-OH is 2. The summed E-state index contributed by atoms with van der Waals surface area (Å²) >= 11 is 1.45. The largest absolute Gasteiger partial charge is 0.458 e. The van der Waals surface area contributed by atoms with Crippen LogP contribution in [-0.2, 0) is 20.9 Å². The number of aromatic nitrogens is 1. The van der Waals surface area contributed by atoms with Crippen LogP contribution >= 0.6 is 11.3 Å². The number of ether oxygens (including phenoxy) is 1. The van der Waals surface area contributed by atoms with Gasteiger partial charge in [0.1, 0.15) is 16.9 Å². The van der Waals surface area contributed by atoms with Crippen molar-refractivity contribution >= 4 is 29.2 Å². The zero-order valence-electron chi connectivity index (χ0n) is 22.5. The maximum absolute atomic E-state index is 13.2. The summed E-state index contributed by atoms with van der Waals surface area (Å²) in [5, 5.41) is 35.3. The van der Waals surface area contributed by atoms with E-state index in [1.54, 1.807) is 27.7 Å². The molecule has 0 spiro atoms. The highest BCUT2D eigenvalue weighted by atomic mass is 32.1. The van der Waals surface area contributed by atoms with E-state index in [9.17, 15) is 24.9 Å². The maximum Gasteiger partial charge on any atom is 0.309 e. The molecular weight excluding hydrogens is 480 g/mol. The lowest BCUT2D eigenvalue weighted by Crippen LogP contribution is -2.45. The van der Waals surface area contributed by atoms with Crippen molar-refractivity contribution in [1.29, 1.82) is 0 Å². The van der Waals surface area contributed by atoms with Crippen LogP contribution in [0.2, 0.25) is 0 Å². The summed E-state index contributed by atoms with van der Waals surface area (Å²) in [6.45, 7) is 10.7. The minimum Gasteiger partial charge on any atom is -0.458 e. The van der Waals surface area contributed by atoms with Crippen molar-refractivity contribution in [2.45, 2.75) is 111 Å². The SMILES string of the molecule is C/C(=C\c1csc(CN)n1)[C@@H]1CC[C@](C)(O)CCCC(C)[C@H](O)C(C)C(=O)C(C)(C)C(O)CC(=O)O1. The third-order valence-electron chi connectivity index (χ3n) is 7.56. The van der Waals surface area contributed by atoms with Crippen LogP contribution in [0.15, 0.2) is 11.0 Å². The number of esters is 1. The van der Waals surface area contributed by atoms with E-state index in [0.29, 0.717) is 38.6 Å². The molecule has 9 heteroatoms. The van der Waals surface area contributed by atoms with Crippen molar-refractivity contribution in [1.82, 2.24) is 4.98 Å². The van der Waals surface area contributed by atoms with Gasteiger partial charge in [-0.3, -0.25) is 9.59 Å². The Hall–Kier alpha value is -1.65. The number of rotatable bonds is 3. The molecule has 0 saturated carbocycles. The van der Waals surface area contributed by atoms with Gasteiger partial charge in [0.2, 0.25) is 0 Å². The third kappa shape index (κ3) is 8.18. The van der Waals surface area contributed by atoms with Gasteiger partial charge in [-0.05, 0) is 57.1 Å². The number of carbonyl (C=O) groups is 2. The first kappa shape index (κ1) is 30.6. The van der Waals surface area contributed by atoms with Gasteiger partial charge in [-0.25, -0.2) is 4.98 Å². The van der Waals surface area contributed by atoms with E-state index in [1.807, 2.05) is 25.3 Å². The normalized spacial score (nSPS) is 33.8. The molecule has 1 aliphatic rings. The quantitative estimate of drug-likeness (QED) is 0.439. The van der Waals surface area contributed by atoms with Gasteiger partial charge in [0.05, 0.1) is 35.3 Å². The zero-order valence-corrected chi connectivity index (χ0v) is 23.3. The molecule has 0 aromatic carbocycles. The lowest BCUT2D eigenvalue weighted by molar-refractivity contribution is -0.155. The van der Waals surface area contributed by atoms with E-state index in [4.69, 9.17) is 10.5 Å². The number of thiazole rings is 1. The molecule has 1 aromatic rings. The Bertz CT molecular complexity index is 925. The summed E-state index contributed by atoms with van der Waals surface area (Å²) < 4.78 is 5.79. The second-order valence-electron chi connectivity index (χ2n) is 11.2. The van der Waals surface area contributed by atoms with Gasteiger partial charge >= 0.3 is 5.97 Å². The Morgan fingerprint density at radius 3 is 2.50 bits per heavy atom. The van der Waals surface area contributed by atoms with Crippen molar-refractivity contribution < 1.29 is 29.6 Å². The van der Waals surface area contributed by atoms with Crippen LogP contribution in [0.1, 0.15) is 90.8 Å². The summed E-state index contributed by atoms with van der Waals surface area (Å²) in [6.07, 6.45) is 1.37. The van der Waals surface area contributed by atoms with E-state index in [-0.39, 0.29) is 18.1 Å². The highest BCUT2D eigenvalue weighted by Gasteiger charge is 2.42. The van der Waals surface area contributed by atoms with E-state index in [0.717, 1.165) is 16.3 Å². The Kier molecular flexibility index (Phi) is 10.8. The topological polar surface area (TPSA) is 143 Å². The molecule has 1 saturated heterocycles. The summed E-state index contributed by atoms with van der Waals surface area (Å²) in [7, 11) is 0. The van der Waals surface area contributed by atoms with Crippen molar-refractivity contribution in [3.8, 4) is 0 Å². The molecule has 2 rings (SSSR count). The number of nitrogens with two attached hydrogens (primary N) is 1. The molecule has 0 amide bonds. The van der Waals surface area contributed by atoms with Crippen LogP contribution in [0, 0.1) is 17.3 Å². The minimum absolute atomic E-state index is 0.153. The van der Waals surface area contributed by atoms with Gasteiger partial charge in [-0.15, -0.1) is 11.3 Å². The summed E-state index contributed by atoms with van der Waals surface area (Å²) in [6, 6.07) is 0. The average Bonchev–Trinajstić information content (AvgIpc) is 3.26.